The Kier molecular flexibility index (Phi) is 4.82. The van der Waals surface area contributed by atoms with Crippen molar-refractivity contribution < 1.29 is 19.4 Å². The van der Waals surface area contributed by atoms with Crippen LogP contribution in [0.15, 0.2) is 12.7 Å². The lowest BCUT2D eigenvalue weighted by Gasteiger charge is -2.37. The minimum atomic E-state index is -1.99. The van der Waals surface area contributed by atoms with Gasteiger partial charge in [-0.25, -0.2) is 15.0 Å². The van der Waals surface area contributed by atoms with Gasteiger partial charge in [-0.15, -0.1) is 0 Å². The molecule has 3 rings (SSSR count). The number of nitrogen functional groups attached to an aromatic ring is 1. The number of ether oxygens (including phenoxy) is 1. The normalized spacial score (nSPS) is 27.3. The van der Waals surface area contributed by atoms with Crippen LogP contribution in [-0.2, 0) is 9.16 Å². The van der Waals surface area contributed by atoms with Crippen molar-refractivity contribution in [3.05, 3.63) is 12.7 Å². The van der Waals surface area contributed by atoms with E-state index in [1.54, 1.807) is 4.57 Å². The van der Waals surface area contributed by atoms with E-state index >= 15 is 0 Å². The van der Waals surface area contributed by atoms with Gasteiger partial charge in [0.1, 0.15) is 30.2 Å². The molecule has 2 aromatic heterocycles. The second-order valence-electron chi connectivity index (χ2n) is 8.20. The Labute approximate surface area is 153 Å². The first kappa shape index (κ1) is 19.2. The Balaban J connectivity index is 1.78. The number of nitrogens with zero attached hydrogens (tertiary/aromatic N) is 4. The van der Waals surface area contributed by atoms with Crippen molar-refractivity contribution in [1.29, 1.82) is 0 Å². The average molecular weight is 382 g/mol. The van der Waals surface area contributed by atoms with Gasteiger partial charge < -0.3 is 25.1 Å². The quantitative estimate of drug-likeness (QED) is 0.670. The van der Waals surface area contributed by atoms with Crippen molar-refractivity contribution in [1.82, 2.24) is 19.5 Å². The highest BCUT2D eigenvalue weighted by molar-refractivity contribution is 6.74. The van der Waals surface area contributed by atoms with E-state index in [2.05, 4.69) is 48.8 Å². The van der Waals surface area contributed by atoms with Gasteiger partial charge in [-0.05, 0) is 18.1 Å². The smallest absolute Gasteiger partial charge is 0.192 e. The second kappa shape index (κ2) is 6.53. The molecule has 1 unspecified atom stereocenters. The minimum absolute atomic E-state index is 0.0452. The monoisotopic (exact) mass is 381 g/mol. The number of aromatic nitrogens is 4. The largest absolute Gasteiger partial charge is 0.414 e. The Bertz CT molecular complexity index is 791. The molecule has 2 aromatic rings. The molecule has 0 radical (unpaired) electrons. The van der Waals surface area contributed by atoms with Crippen LogP contribution >= 0.6 is 0 Å². The highest BCUT2D eigenvalue weighted by Gasteiger charge is 2.46. The molecule has 9 nitrogen and oxygen atoms in total. The molecule has 4 atom stereocenters. The first-order valence-corrected chi connectivity index (χ1v) is 11.5. The zero-order valence-corrected chi connectivity index (χ0v) is 16.7. The number of hydrogen-bond acceptors (Lipinski definition) is 8. The first-order chi connectivity index (χ1) is 12.0. The Hall–Kier alpha value is -1.59. The molecule has 0 saturated carbocycles. The molecule has 0 spiro atoms. The number of aliphatic hydroxyl groups excluding tert-OH is 2. The summed E-state index contributed by atoms with van der Waals surface area (Å²) in [5.74, 6) is 0.250. The summed E-state index contributed by atoms with van der Waals surface area (Å²) in [5.41, 5.74) is 6.67. The van der Waals surface area contributed by atoms with Crippen LogP contribution in [0, 0.1) is 0 Å². The van der Waals surface area contributed by atoms with Gasteiger partial charge in [0.15, 0.2) is 26.0 Å². The molecule has 0 aliphatic carbocycles. The summed E-state index contributed by atoms with van der Waals surface area (Å²) in [6.07, 6.45) is -0.852. The van der Waals surface area contributed by atoms with E-state index in [1.807, 2.05) is 0 Å². The maximum absolute atomic E-state index is 10.5. The fourth-order valence-electron chi connectivity index (χ4n) is 2.66. The Morgan fingerprint density at radius 3 is 2.58 bits per heavy atom. The van der Waals surface area contributed by atoms with Crippen molar-refractivity contribution in [2.75, 3.05) is 12.3 Å². The van der Waals surface area contributed by atoms with E-state index in [-0.39, 0.29) is 17.5 Å². The van der Waals surface area contributed by atoms with Gasteiger partial charge in [-0.3, -0.25) is 4.57 Å². The molecule has 1 aliphatic heterocycles. The van der Waals surface area contributed by atoms with Gasteiger partial charge >= 0.3 is 0 Å². The molecule has 1 aliphatic rings. The van der Waals surface area contributed by atoms with Crippen molar-refractivity contribution in [2.24, 2.45) is 0 Å². The SMILES string of the molecule is CC(C)(C)[Si](C)(C)OC[C@H]1O[C@@H](n2cnc3c(N)ncnc32)[C@@H](O)C1O. The van der Waals surface area contributed by atoms with E-state index in [1.165, 1.54) is 12.7 Å². The topological polar surface area (TPSA) is 129 Å². The van der Waals surface area contributed by atoms with Gasteiger partial charge in [-0.2, -0.15) is 0 Å². The highest BCUT2D eigenvalue weighted by Crippen LogP contribution is 2.38. The lowest BCUT2D eigenvalue weighted by Crippen LogP contribution is -2.44. The summed E-state index contributed by atoms with van der Waals surface area (Å²) >= 11 is 0. The number of nitrogens with two attached hydrogens (primary N) is 1. The summed E-state index contributed by atoms with van der Waals surface area (Å²) in [5, 5.41) is 20.9. The van der Waals surface area contributed by atoms with Crippen LogP contribution in [-0.4, -0.2) is 63.0 Å². The van der Waals surface area contributed by atoms with Gasteiger partial charge in [0.2, 0.25) is 0 Å². The molecule has 144 valence electrons. The third-order valence-electron chi connectivity index (χ3n) is 5.41. The maximum Gasteiger partial charge on any atom is 0.192 e. The summed E-state index contributed by atoms with van der Waals surface area (Å²) in [7, 11) is -1.99. The fraction of sp³-hybridized carbons (Fsp3) is 0.688. The van der Waals surface area contributed by atoms with Crippen molar-refractivity contribution in [3.8, 4) is 0 Å². The number of aliphatic hydroxyl groups is 2. The number of rotatable bonds is 4. The lowest BCUT2D eigenvalue weighted by atomic mass is 10.1. The van der Waals surface area contributed by atoms with E-state index < -0.39 is 32.9 Å². The number of fused-ring (bicyclic) bond motifs is 1. The van der Waals surface area contributed by atoms with Gasteiger partial charge in [0.05, 0.1) is 12.9 Å². The maximum atomic E-state index is 10.5. The van der Waals surface area contributed by atoms with Crippen LogP contribution in [0.25, 0.3) is 11.2 Å². The Morgan fingerprint density at radius 1 is 1.23 bits per heavy atom. The Morgan fingerprint density at radius 2 is 1.92 bits per heavy atom. The van der Waals surface area contributed by atoms with Crippen molar-refractivity contribution in [2.45, 2.75) is 63.4 Å². The standard InChI is InChI=1S/C16H27N5O4Si/c1-16(2,3)26(4,5)24-6-9-11(22)12(23)15(25-9)21-8-20-10-13(17)18-7-19-14(10)21/h7-9,11-12,15,22-23H,6H2,1-5H3,(H2,17,18,19)/t9-,11?,12+,15-/m1/s1. The predicted octanol–water partition coefficient (Wildman–Crippen LogP) is 1.05. The minimum Gasteiger partial charge on any atom is -0.414 e. The molecule has 4 N–H and O–H groups in total. The third kappa shape index (κ3) is 3.23. The molecule has 26 heavy (non-hydrogen) atoms. The number of anilines is 1. The zero-order chi connectivity index (χ0) is 19.3. The van der Waals surface area contributed by atoms with E-state index in [0.717, 1.165) is 0 Å². The predicted molar refractivity (Wildman–Crippen MR) is 98.8 cm³/mol. The lowest BCUT2D eigenvalue weighted by molar-refractivity contribution is -0.0491. The molecule has 3 heterocycles. The molecule has 1 saturated heterocycles. The molecule has 0 bridgehead atoms. The summed E-state index contributed by atoms with van der Waals surface area (Å²) in [6.45, 7) is 10.9. The van der Waals surface area contributed by atoms with Crippen molar-refractivity contribution >= 4 is 25.3 Å². The zero-order valence-electron chi connectivity index (χ0n) is 15.7. The fourth-order valence-corrected chi connectivity index (χ4v) is 3.67. The number of imidazole rings is 1. The molecular weight excluding hydrogens is 354 g/mol. The first-order valence-electron chi connectivity index (χ1n) is 8.61. The molecule has 1 fully saturated rings. The van der Waals surface area contributed by atoms with E-state index in [9.17, 15) is 10.2 Å². The van der Waals surface area contributed by atoms with Gasteiger partial charge in [0, 0.05) is 0 Å². The molecule has 0 aromatic carbocycles. The van der Waals surface area contributed by atoms with Crippen LogP contribution in [0.3, 0.4) is 0 Å². The van der Waals surface area contributed by atoms with Gasteiger partial charge in [-0.1, -0.05) is 20.8 Å². The molecular formula is C16H27N5O4Si. The second-order valence-corrected chi connectivity index (χ2v) is 13.0. The van der Waals surface area contributed by atoms with E-state index in [0.29, 0.717) is 11.2 Å². The number of hydrogen-bond donors (Lipinski definition) is 3. The van der Waals surface area contributed by atoms with E-state index in [4.69, 9.17) is 14.9 Å². The molecule has 10 heteroatoms. The molecule has 0 amide bonds. The van der Waals surface area contributed by atoms with Crippen molar-refractivity contribution in [3.63, 3.8) is 0 Å². The van der Waals surface area contributed by atoms with Crippen LogP contribution < -0.4 is 5.73 Å². The third-order valence-corrected chi connectivity index (χ3v) is 9.91. The summed E-state index contributed by atoms with van der Waals surface area (Å²) in [4.78, 5) is 12.2. The summed E-state index contributed by atoms with van der Waals surface area (Å²) < 4.78 is 13.6. The summed E-state index contributed by atoms with van der Waals surface area (Å²) in [6, 6.07) is 0. The highest BCUT2D eigenvalue weighted by atomic mass is 28.4. The van der Waals surface area contributed by atoms with Crippen LogP contribution in [0.2, 0.25) is 18.1 Å². The van der Waals surface area contributed by atoms with Crippen LogP contribution in [0.1, 0.15) is 27.0 Å². The average Bonchev–Trinajstić information content (AvgIpc) is 3.08. The van der Waals surface area contributed by atoms with Crippen LogP contribution in [0.5, 0.6) is 0 Å². The van der Waals surface area contributed by atoms with Crippen LogP contribution in [0.4, 0.5) is 5.82 Å². The van der Waals surface area contributed by atoms with Gasteiger partial charge in [0.25, 0.3) is 0 Å².